The highest BCUT2D eigenvalue weighted by atomic mass is 32.2. The fraction of sp³-hybridized carbons (Fsp3) is 0.400. The molecular weight excluding hydrogens is 428 g/mol. The molecule has 4 atom stereocenters. The summed E-state index contributed by atoms with van der Waals surface area (Å²) in [6.45, 7) is 3.15. The molecule has 0 radical (unpaired) electrons. The van der Waals surface area contributed by atoms with Gasteiger partial charge in [0, 0.05) is 13.1 Å². The summed E-state index contributed by atoms with van der Waals surface area (Å²) in [5.74, 6) is 0. The Hall–Kier alpha value is -1.82. The number of piperidine rings is 1. The second-order valence-corrected chi connectivity index (χ2v) is 11.7. The van der Waals surface area contributed by atoms with E-state index in [4.69, 9.17) is 0 Å². The smallest absolute Gasteiger partial charge is 0.243 e. The zero-order valence-corrected chi connectivity index (χ0v) is 18.2. The Morgan fingerprint density at radius 2 is 1.17 bits per heavy atom. The third kappa shape index (κ3) is 3.37. The third-order valence-electron chi connectivity index (χ3n) is 5.83. The molecule has 2 N–H and O–H groups in total. The molecule has 0 aliphatic carbocycles. The molecular formula is C20H24N2O6S2. The molecule has 2 saturated heterocycles. The SMILES string of the molecule is Cc1ccc(S(=O)(=O)N2C[C@H]3[C@@H](O)[C@@H]2[C@H](O)CN3S(=O)(=O)c2ccc(C)cc2)cc1. The van der Waals surface area contributed by atoms with E-state index in [2.05, 4.69) is 0 Å². The molecule has 2 fully saturated rings. The lowest BCUT2D eigenvalue weighted by Gasteiger charge is -2.38. The van der Waals surface area contributed by atoms with Gasteiger partial charge in [-0.3, -0.25) is 0 Å². The number of aliphatic hydroxyl groups is 2. The maximum atomic E-state index is 13.2. The zero-order chi connectivity index (χ0) is 21.8. The average Bonchev–Trinajstić information content (AvgIpc) is 2.94. The van der Waals surface area contributed by atoms with Crippen molar-refractivity contribution in [3.63, 3.8) is 0 Å². The van der Waals surface area contributed by atoms with Gasteiger partial charge >= 0.3 is 0 Å². The molecule has 0 spiro atoms. The number of β-amino-alcohol motifs (C(OH)–C–C–N with tert-alkyl or cyclic N) is 1. The zero-order valence-electron chi connectivity index (χ0n) is 16.6. The van der Waals surface area contributed by atoms with E-state index in [1.165, 1.54) is 24.3 Å². The van der Waals surface area contributed by atoms with E-state index < -0.39 is 44.3 Å². The largest absolute Gasteiger partial charge is 0.390 e. The van der Waals surface area contributed by atoms with E-state index in [1.807, 2.05) is 13.8 Å². The van der Waals surface area contributed by atoms with Crippen molar-refractivity contribution >= 4 is 20.0 Å². The summed E-state index contributed by atoms with van der Waals surface area (Å²) in [6, 6.07) is 10.4. The number of aliphatic hydroxyl groups excluding tert-OH is 2. The second kappa shape index (κ2) is 7.40. The first-order valence-electron chi connectivity index (χ1n) is 9.56. The van der Waals surface area contributed by atoms with E-state index in [9.17, 15) is 27.0 Å². The first-order valence-corrected chi connectivity index (χ1v) is 12.4. The molecule has 0 aromatic heterocycles. The lowest BCUT2D eigenvalue weighted by atomic mass is 9.99. The minimum absolute atomic E-state index is 0.0331. The summed E-state index contributed by atoms with van der Waals surface area (Å²) in [5, 5.41) is 21.4. The predicted molar refractivity (Wildman–Crippen MR) is 110 cm³/mol. The molecule has 2 aliphatic rings. The summed E-state index contributed by atoms with van der Waals surface area (Å²) in [6.07, 6.45) is -2.70. The van der Waals surface area contributed by atoms with Gasteiger partial charge < -0.3 is 10.2 Å². The molecule has 0 saturated carbocycles. The number of sulfonamides is 2. The molecule has 4 rings (SSSR count). The standard InChI is InChI=1S/C20H24N2O6S2/c1-13-3-7-15(8-4-13)29(25,26)21-12-18(23)19-20(24)17(21)11-22(19)30(27,28)16-9-5-14(2)6-10-16/h3-10,17-20,23-24H,11-12H2,1-2H3/t17-,18+,19-,20+/m0/s1. The van der Waals surface area contributed by atoms with Crippen molar-refractivity contribution < 1.29 is 27.0 Å². The first-order chi connectivity index (χ1) is 14.0. The van der Waals surface area contributed by atoms with E-state index >= 15 is 0 Å². The van der Waals surface area contributed by atoms with E-state index in [0.29, 0.717) is 0 Å². The Kier molecular flexibility index (Phi) is 5.28. The summed E-state index contributed by atoms with van der Waals surface area (Å²) in [5.41, 5.74) is 1.79. The molecule has 2 aliphatic heterocycles. The number of nitrogens with zero attached hydrogens (tertiary/aromatic N) is 2. The molecule has 2 aromatic rings. The second-order valence-electron chi connectivity index (χ2n) is 7.89. The van der Waals surface area contributed by atoms with Gasteiger partial charge in [-0.25, -0.2) is 16.8 Å². The van der Waals surface area contributed by atoms with Gasteiger partial charge in [0.1, 0.15) is 0 Å². The van der Waals surface area contributed by atoms with Crippen LogP contribution in [0, 0.1) is 13.8 Å². The summed E-state index contributed by atoms with van der Waals surface area (Å²) < 4.78 is 54.8. The van der Waals surface area contributed by atoms with Gasteiger partial charge in [0.05, 0.1) is 34.1 Å². The topological polar surface area (TPSA) is 115 Å². The van der Waals surface area contributed by atoms with Crippen molar-refractivity contribution in [2.24, 2.45) is 0 Å². The molecule has 30 heavy (non-hydrogen) atoms. The van der Waals surface area contributed by atoms with Crippen LogP contribution in [0.5, 0.6) is 0 Å². The normalized spacial score (nSPS) is 28.0. The summed E-state index contributed by atoms with van der Waals surface area (Å²) >= 11 is 0. The van der Waals surface area contributed by atoms with Crippen LogP contribution in [0.4, 0.5) is 0 Å². The van der Waals surface area contributed by atoms with Gasteiger partial charge in [-0.2, -0.15) is 8.61 Å². The quantitative estimate of drug-likeness (QED) is 0.697. The summed E-state index contributed by atoms with van der Waals surface area (Å²) in [4.78, 5) is 0.0683. The lowest BCUT2D eigenvalue weighted by molar-refractivity contribution is -0.0188. The maximum Gasteiger partial charge on any atom is 0.243 e. The Morgan fingerprint density at radius 3 is 1.63 bits per heavy atom. The Morgan fingerprint density at radius 1 is 0.733 bits per heavy atom. The monoisotopic (exact) mass is 452 g/mol. The van der Waals surface area contributed by atoms with Gasteiger partial charge in [-0.15, -0.1) is 0 Å². The van der Waals surface area contributed by atoms with Crippen LogP contribution >= 0.6 is 0 Å². The minimum atomic E-state index is -4.03. The summed E-state index contributed by atoms with van der Waals surface area (Å²) in [7, 11) is -8.05. The van der Waals surface area contributed by atoms with Crippen molar-refractivity contribution in [1.29, 1.82) is 0 Å². The van der Waals surface area contributed by atoms with Crippen LogP contribution in [0.1, 0.15) is 11.1 Å². The molecule has 0 amide bonds. The van der Waals surface area contributed by atoms with Crippen LogP contribution in [0.15, 0.2) is 58.3 Å². The number of aryl methyl sites for hydroxylation is 2. The Labute approximate surface area is 176 Å². The van der Waals surface area contributed by atoms with Gasteiger partial charge in [-0.05, 0) is 38.1 Å². The van der Waals surface area contributed by atoms with Gasteiger partial charge in [0.15, 0.2) is 0 Å². The molecule has 162 valence electrons. The van der Waals surface area contributed by atoms with Gasteiger partial charge in [0.25, 0.3) is 0 Å². The van der Waals surface area contributed by atoms with Crippen LogP contribution in [0.3, 0.4) is 0 Å². The van der Waals surface area contributed by atoms with E-state index in [-0.39, 0.29) is 22.9 Å². The van der Waals surface area contributed by atoms with E-state index in [0.717, 1.165) is 19.7 Å². The highest BCUT2D eigenvalue weighted by molar-refractivity contribution is 7.89. The average molecular weight is 453 g/mol. The predicted octanol–water partition coefficient (Wildman–Crippen LogP) is 0.471. The molecule has 8 nitrogen and oxygen atoms in total. The first kappa shape index (κ1) is 21.4. The Bertz CT molecular complexity index is 1070. The molecule has 10 heteroatoms. The van der Waals surface area contributed by atoms with Crippen molar-refractivity contribution in [2.45, 2.75) is 47.9 Å². The fourth-order valence-electron chi connectivity index (χ4n) is 4.15. The number of benzene rings is 2. The number of rotatable bonds is 4. The number of hydrogen-bond acceptors (Lipinski definition) is 6. The van der Waals surface area contributed by atoms with Crippen LogP contribution < -0.4 is 0 Å². The van der Waals surface area contributed by atoms with Gasteiger partial charge in [0.2, 0.25) is 20.0 Å². The third-order valence-corrected chi connectivity index (χ3v) is 9.61. The maximum absolute atomic E-state index is 13.2. The highest BCUT2D eigenvalue weighted by Crippen LogP contribution is 2.37. The number of fused-ring (bicyclic) bond motifs is 2. The molecule has 2 bridgehead atoms. The van der Waals surface area contributed by atoms with Crippen molar-refractivity contribution in [3.8, 4) is 0 Å². The van der Waals surface area contributed by atoms with Crippen LogP contribution in [-0.4, -0.2) is 73.0 Å². The van der Waals surface area contributed by atoms with Crippen molar-refractivity contribution in [1.82, 2.24) is 8.61 Å². The molecule has 2 aromatic carbocycles. The molecule has 0 unspecified atom stereocenters. The highest BCUT2D eigenvalue weighted by Gasteiger charge is 2.58. The van der Waals surface area contributed by atoms with Crippen molar-refractivity contribution in [2.75, 3.05) is 13.1 Å². The minimum Gasteiger partial charge on any atom is -0.390 e. The Balaban J connectivity index is 1.70. The van der Waals surface area contributed by atoms with E-state index in [1.54, 1.807) is 24.3 Å². The lowest BCUT2D eigenvalue weighted by Crippen LogP contribution is -2.59. The fourth-order valence-corrected chi connectivity index (χ4v) is 7.48. The molecule has 2 heterocycles. The van der Waals surface area contributed by atoms with Crippen molar-refractivity contribution in [3.05, 3.63) is 59.7 Å². The number of hydrogen-bond donors (Lipinski definition) is 2. The van der Waals surface area contributed by atoms with Crippen LogP contribution in [0.2, 0.25) is 0 Å². The van der Waals surface area contributed by atoms with Crippen LogP contribution in [-0.2, 0) is 20.0 Å². The van der Waals surface area contributed by atoms with Crippen LogP contribution in [0.25, 0.3) is 0 Å². The van der Waals surface area contributed by atoms with Gasteiger partial charge in [-0.1, -0.05) is 35.4 Å².